The van der Waals surface area contributed by atoms with E-state index < -0.39 is 0 Å². The van der Waals surface area contributed by atoms with Crippen LogP contribution in [0.2, 0.25) is 5.02 Å². The third kappa shape index (κ3) is 5.55. The molecule has 0 aromatic heterocycles. The first-order valence-corrected chi connectivity index (χ1v) is 12.0. The van der Waals surface area contributed by atoms with E-state index in [1.54, 1.807) is 0 Å². The van der Waals surface area contributed by atoms with Crippen molar-refractivity contribution in [1.29, 1.82) is 0 Å². The molecule has 1 unspecified atom stereocenters. The van der Waals surface area contributed by atoms with Crippen LogP contribution in [0.5, 0.6) is 5.75 Å². The first-order chi connectivity index (χ1) is 14.5. The predicted octanol–water partition coefficient (Wildman–Crippen LogP) is 6.34. The molecule has 4 nitrogen and oxygen atoms in total. The van der Waals surface area contributed by atoms with Crippen LogP contribution in [0.15, 0.2) is 29.5 Å². The molecule has 1 atom stereocenters. The van der Waals surface area contributed by atoms with Crippen molar-refractivity contribution in [1.82, 2.24) is 10.2 Å². The third-order valence-corrected chi connectivity index (χ3v) is 6.71. The van der Waals surface area contributed by atoms with Gasteiger partial charge in [0.25, 0.3) is 0 Å². The van der Waals surface area contributed by atoms with Crippen LogP contribution in [0.4, 0.5) is 0 Å². The molecule has 0 amide bonds. The number of hydrogen-bond acceptors (Lipinski definition) is 3. The van der Waals surface area contributed by atoms with Crippen LogP contribution in [-0.2, 0) is 4.79 Å². The Balaban J connectivity index is 1.62. The quantitative estimate of drug-likeness (QED) is 0.334. The van der Waals surface area contributed by atoms with Crippen molar-refractivity contribution in [2.75, 3.05) is 13.7 Å². The average molecular weight is 449 g/mol. The van der Waals surface area contributed by atoms with E-state index in [1.807, 2.05) is 30.1 Å². The summed E-state index contributed by atoms with van der Waals surface area (Å²) in [6, 6.07) is 5.47. The number of benzene rings is 1. The topological polar surface area (TPSA) is 41.6 Å². The van der Waals surface area contributed by atoms with Crippen LogP contribution in [0.3, 0.4) is 0 Å². The molecule has 30 heavy (non-hydrogen) atoms. The van der Waals surface area contributed by atoms with E-state index in [0.717, 1.165) is 41.8 Å². The Morgan fingerprint density at radius 2 is 1.90 bits per heavy atom. The minimum absolute atomic E-state index is 0.179. The largest absolute Gasteiger partial charge is 0.494 e. The van der Waals surface area contributed by atoms with Gasteiger partial charge >= 0.3 is 0 Å². The highest BCUT2D eigenvalue weighted by atomic mass is 35.5. The summed E-state index contributed by atoms with van der Waals surface area (Å²) in [5.41, 5.74) is 2.70. The summed E-state index contributed by atoms with van der Waals surface area (Å²) in [5, 5.41) is 4.53. The minimum Gasteiger partial charge on any atom is -0.494 e. The van der Waals surface area contributed by atoms with Crippen molar-refractivity contribution < 1.29 is 9.53 Å². The Morgan fingerprint density at radius 3 is 2.63 bits per heavy atom. The molecule has 1 aliphatic heterocycles. The van der Waals surface area contributed by atoms with Gasteiger partial charge in [0.2, 0.25) is 0 Å². The Hall–Kier alpha value is -1.59. The van der Waals surface area contributed by atoms with Gasteiger partial charge in [-0.15, -0.1) is 0 Å². The summed E-state index contributed by atoms with van der Waals surface area (Å²) in [7, 11) is 1.92. The highest BCUT2D eigenvalue weighted by molar-refractivity contribution is 7.80. The lowest BCUT2D eigenvalue weighted by atomic mass is 9.85. The van der Waals surface area contributed by atoms with Crippen molar-refractivity contribution in [3.8, 4) is 5.75 Å². The van der Waals surface area contributed by atoms with E-state index in [-0.39, 0.29) is 11.8 Å². The number of thiocarbonyl (C=S) groups is 1. The van der Waals surface area contributed by atoms with E-state index in [0.29, 0.717) is 23.2 Å². The van der Waals surface area contributed by atoms with Crippen LogP contribution in [0.1, 0.15) is 82.7 Å². The molecule has 1 aromatic carbocycles. The molecule has 164 valence electrons. The van der Waals surface area contributed by atoms with Gasteiger partial charge in [-0.05, 0) is 49.2 Å². The number of carbonyl (C=O) groups excluding carboxylic acids is 1. The maximum absolute atomic E-state index is 12.7. The van der Waals surface area contributed by atoms with Crippen molar-refractivity contribution >= 4 is 34.7 Å². The van der Waals surface area contributed by atoms with E-state index in [1.165, 1.54) is 38.5 Å². The molecule has 1 aliphatic carbocycles. The number of ketones is 1. The SMILES string of the molecule is CCCCCCCCCOc1ccc(C2NC(=S)N(C)C3=C2C(=O)CCC3)c(Cl)c1. The summed E-state index contributed by atoms with van der Waals surface area (Å²) >= 11 is 12.1. The molecular weight excluding hydrogens is 416 g/mol. The number of nitrogens with zero attached hydrogens (tertiary/aromatic N) is 1. The van der Waals surface area contributed by atoms with Gasteiger partial charge in [0.1, 0.15) is 5.75 Å². The van der Waals surface area contributed by atoms with Gasteiger partial charge in [-0.3, -0.25) is 4.79 Å². The monoisotopic (exact) mass is 448 g/mol. The number of unbranched alkanes of at least 4 members (excludes halogenated alkanes) is 6. The molecule has 1 heterocycles. The molecule has 0 radical (unpaired) electrons. The van der Waals surface area contributed by atoms with E-state index in [9.17, 15) is 4.79 Å². The molecule has 1 aromatic rings. The Morgan fingerprint density at radius 1 is 1.17 bits per heavy atom. The van der Waals surface area contributed by atoms with Gasteiger partial charge in [-0.25, -0.2) is 0 Å². The second kappa shape index (κ2) is 11.1. The molecular formula is C24H33ClN2O2S. The zero-order chi connectivity index (χ0) is 21.5. The molecule has 0 saturated heterocycles. The lowest BCUT2D eigenvalue weighted by Crippen LogP contribution is -2.47. The first kappa shape index (κ1) is 23.1. The van der Waals surface area contributed by atoms with Crippen LogP contribution in [-0.4, -0.2) is 29.5 Å². The number of hydrogen-bond donors (Lipinski definition) is 1. The van der Waals surface area contributed by atoms with Crippen molar-refractivity contribution in [3.05, 3.63) is 40.1 Å². The van der Waals surface area contributed by atoms with Gasteiger partial charge in [0, 0.05) is 29.8 Å². The Labute approximate surface area is 191 Å². The average Bonchev–Trinajstić information content (AvgIpc) is 2.73. The number of allylic oxidation sites excluding steroid dienone is 1. The zero-order valence-electron chi connectivity index (χ0n) is 18.1. The zero-order valence-corrected chi connectivity index (χ0v) is 19.7. The highest BCUT2D eigenvalue weighted by Gasteiger charge is 2.36. The standard InChI is InChI=1S/C24H33ClN2O2S/c1-3-4-5-6-7-8-9-15-29-17-13-14-18(19(25)16-17)23-22-20(11-10-12-21(22)28)27(2)24(30)26-23/h13-14,16,23H,3-12,15H2,1-2H3,(H,26,30). The van der Waals surface area contributed by atoms with Gasteiger partial charge in [0.15, 0.2) is 10.9 Å². The van der Waals surface area contributed by atoms with Crippen LogP contribution in [0, 0.1) is 0 Å². The molecule has 0 saturated carbocycles. The Kier molecular flexibility index (Phi) is 8.58. The molecule has 0 fully saturated rings. The summed E-state index contributed by atoms with van der Waals surface area (Å²) in [5.74, 6) is 0.952. The normalized spacial score (nSPS) is 19.0. The first-order valence-electron chi connectivity index (χ1n) is 11.3. The number of nitrogens with one attached hydrogen (secondary N) is 1. The van der Waals surface area contributed by atoms with Gasteiger partial charge < -0.3 is 15.0 Å². The fourth-order valence-electron chi connectivity index (χ4n) is 4.25. The van der Waals surface area contributed by atoms with Gasteiger partial charge in [0.05, 0.1) is 12.6 Å². The third-order valence-electron chi connectivity index (χ3n) is 5.99. The minimum atomic E-state index is -0.291. The van der Waals surface area contributed by atoms with Crippen LogP contribution >= 0.6 is 23.8 Å². The van der Waals surface area contributed by atoms with Crippen molar-refractivity contribution in [2.24, 2.45) is 0 Å². The lowest BCUT2D eigenvalue weighted by molar-refractivity contribution is -0.116. The molecule has 6 heteroatoms. The summed E-state index contributed by atoms with van der Waals surface area (Å²) < 4.78 is 5.91. The fourth-order valence-corrected chi connectivity index (χ4v) is 4.76. The van der Waals surface area contributed by atoms with E-state index in [4.69, 9.17) is 28.6 Å². The Bertz CT molecular complexity index is 808. The molecule has 3 rings (SSSR count). The smallest absolute Gasteiger partial charge is 0.173 e. The van der Waals surface area contributed by atoms with Gasteiger partial charge in [-0.1, -0.05) is 63.1 Å². The van der Waals surface area contributed by atoms with Crippen molar-refractivity contribution in [2.45, 2.75) is 77.2 Å². The second-order valence-corrected chi connectivity index (χ2v) is 9.03. The number of ether oxygens (including phenoxy) is 1. The maximum atomic E-state index is 12.7. The highest BCUT2D eigenvalue weighted by Crippen LogP contribution is 2.39. The fraction of sp³-hybridized carbons (Fsp3) is 0.583. The van der Waals surface area contributed by atoms with Crippen LogP contribution in [0.25, 0.3) is 0 Å². The number of halogens is 1. The number of rotatable bonds is 10. The molecule has 2 aliphatic rings. The second-order valence-electron chi connectivity index (χ2n) is 8.23. The van der Waals surface area contributed by atoms with E-state index in [2.05, 4.69) is 12.2 Å². The summed E-state index contributed by atoms with van der Waals surface area (Å²) in [6.07, 6.45) is 11.1. The van der Waals surface area contributed by atoms with E-state index >= 15 is 0 Å². The maximum Gasteiger partial charge on any atom is 0.173 e. The summed E-state index contributed by atoms with van der Waals surface area (Å²) in [4.78, 5) is 14.6. The van der Waals surface area contributed by atoms with Crippen molar-refractivity contribution in [3.63, 3.8) is 0 Å². The molecule has 0 bridgehead atoms. The number of carbonyl (C=O) groups is 1. The lowest BCUT2D eigenvalue weighted by Gasteiger charge is -2.39. The summed E-state index contributed by atoms with van der Waals surface area (Å²) in [6.45, 7) is 2.94. The molecule has 0 spiro atoms. The van der Waals surface area contributed by atoms with Crippen LogP contribution < -0.4 is 10.1 Å². The number of Topliss-reactive ketones (excluding diaryl/α,β-unsaturated/α-hetero) is 1. The molecule has 1 N–H and O–H groups in total. The van der Waals surface area contributed by atoms with Gasteiger partial charge in [-0.2, -0.15) is 0 Å². The predicted molar refractivity (Wildman–Crippen MR) is 127 cm³/mol.